The molecule has 0 saturated heterocycles. The van der Waals surface area contributed by atoms with Crippen molar-refractivity contribution in [2.45, 2.75) is 0 Å². The third-order valence-corrected chi connectivity index (χ3v) is 2.89. The van der Waals surface area contributed by atoms with Crippen molar-refractivity contribution >= 4 is 33.2 Å². The van der Waals surface area contributed by atoms with Gasteiger partial charge in [-0.15, -0.1) is 0 Å². The molecule has 2 aromatic rings. The third kappa shape index (κ3) is 2.62. The Balaban J connectivity index is 2.25. The fourth-order valence-corrected chi connectivity index (χ4v) is 1.91. The molecule has 1 amide bonds. The van der Waals surface area contributed by atoms with E-state index in [0.717, 1.165) is 4.47 Å². The second-order valence-corrected chi connectivity index (χ2v) is 4.62. The number of hydrogen-bond acceptors (Lipinski definition) is 3. The molecule has 4 nitrogen and oxygen atoms in total. The summed E-state index contributed by atoms with van der Waals surface area (Å²) in [4.78, 5) is 12.0. The van der Waals surface area contributed by atoms with E-state index < -0.39 is 5.91 Å². The zero-order chi connectivity index (χ0) is 13.1. The summed E-state index contributed by atoms with van der Waals surface area (Å²) in [7, 11) is 0. The first kappa shape index (κ1) is 12.4. The number of phenols is 1. The number of nitrogens with one attached hydrogen (secondary N) is 1. The predicted molar refractivity (Wildman–Crippen MR) is 74.6 cm³/mol. The molecule has 0 aliphatic rings. The van der Waals surface area contributed by atoms with Gasteiger partial charge in [0.2, 0.25) is 0 Å². The second-order valence-electron chi connectivity index (χ2n) is 3.71. The summed E-state index contributed by atoms with van der Waals surface area (Å²) >= 11 is 3.31. The summed E-state index contributed by atoms with van der Waals surface area (Å²) in [5.41, 5.74) is 6.50. The van der Waals surface area contributed by atoms with Crippen LogP contribution in [0.5, 0.6) is 5.75 Å². The number of aromatic hydroxyl groups is 1. The number of amides is 1. The molecule has 0 aliphatic heterocycles. The van der Waals surface area contributed by atoms with Crippen LogP contribution < -0.4 is 11.1 Å². The molecule has 0 radical (unpaired) electrons. The highest BCUT2D eigenvalue weighted by Crippen LogP contribution is 2.25. The summed E-state index contributed by atoms with van der Waals surface area (Å²) in [6.07, 6.45) is 0. The van der Waals surface area contributed by atoms with Crippen LogP contribution in [0.4, 0.5) is 11.4 Å². The Morgan fingerprint density at radius 2 is 1.94 bits per heavy atom. The minimum absolute atomic E-state index is 0.148. The molecule has 5 heteroatoms. The monoisotopic (exact) mass is 306 g/mol. The van der Waals surface area contributed by atoms with Crippen LogP contribution in [0.25, 0.3) is 0 Å². The highest BCUT2D eigenvalue weighted by Gasteiger charge is 2.12. The molecule has 4 N–H and O–H groups in total. The number of anilines is 2. The Kier molecular flexibility index (Phi) is 3.53. The molecular formula is C13H11BrN2O2. The minimum atomic E-state index is -0.405. The molecule has 0 atom stereocenters. The van der Waals surface area contributed by atoms with E-state index in [0.29, 0.717) is 5.69 Å². The van der Waals surface area contributed by atoms with Crippen LogP contribution in [0, 0.1) is 0 Å². The minimum Gasteiger partial charge on any atom is -0.505 e. The number of nitrogens with two attached hydrogens (primary N) is 1. The van der Waals surface area contributed by atoms with Crippen molar-refractivity contribution in [2.75, 3.05) is 11.1 Å². The van der Waals surface area contributed by atoms with Gasteiger partial charge in [-0.05, 0) is 30.3 Å². The Bertz CT molecular complexity index is 599. The molecular weight excluding hydrogens is 296 g/mol. The van der Waals surface area contributed by atoms with Gasteiger partial charge in [-0.2, -0.15) is 0 Å². The topological polar surface area (TPSA) is 75.4 Å². The van der Waals surface area contributed by atoms with Crippen molar-refractivity contribution in [3.05, 3.63) is 52.5 Å². The van der Waals surface area contributed by atoms with Gasteiger partial charge in [-0.1, -0.05) is 28.1 Å². The standard InChI is InChI=1S/C13H11BrN2O2/c14-8-3-1-4-9(7-8)16-13(18)10-5-2-6-11(15)12(10)17/h1-7,17H,15H2,(H,16,18). The van der Waals surface area contributed by atoms with Crippen molar-refractivity contribution in [1.82, 2.24) is 0 Å². The van der Waals surface area contributed by atoms with Gasteiger partial charge < -0.3 is 16.2 Å². The maximum Gasteiger partial charge on any atom is 0.259 e. The Morgan fingerprint density at radius 1 is 1.22 bits per heavy atom. The number of nitrogen functional groups attached to an aromatic ring is 1. The first-order valence-corrected chi connectivity index (χ1v) is 6.01. The number of benzene rings is 2. The van der Waals surface area contributed by atoms with E-state index in [9.17, 15) is 9.90 Å². The molecule has 0 fully saturated rings. The number of carbonyl (C=O) groups excluding carboxylic acids is 1. The first-order valence-electron chi connectivity index (χ1n) is 5.22. The summed E-state index contributed by atoms with van der Waals surface area (Å²) in [5.74, 6) is -0.608. The maximum atomic E-state index is 12.0. The van der Waals surface area contributed by atoms with Crippen molar-refractivity contribution < 1.29 is 9.90 Å². The normalized spacial score (nSPS) is 10.1. The van der Waals surface area contributed by atoms with Crippen molar-refractivity contribution in [2.24, 2.45) is 0 Å². The number of para-hydroxylation sites is 1. The van der Waals surface area contributed by atoms with E-state index in [4.69, 9.17) is 5.73 Å². The average Bonchev–Trinajstić information content (AvgIpc) is 2.32. The second kappa shape index (κ2) is 5.10. The van der Waals surface area contributed by atoms with Crippen LogP contribution in [0.3, 0.4) is 0 Å². The van der Waals surface area contributed by atoms with E-state index in [2.05, 4.69) is 21.2 Å². The highest BCUT2D eigenvalue weighted by molar-refractivity contribution is 9.10. The van der Waals surface area contributed by atoms with Gasteiger partial charge >= 0.3 is 0 Å². The van der Waals surface area contributed by atoms with Gasteiger partial charge in [0, 0.05) is 10.2 Å². The van der Waals surface area contributed by atoms with E-state index in [-0.39, 0.29) is 17.0 Å². The van der Waals surface area contributed by atoms with E-state index >= 15 is 0 Å². The van der Waals surface area contributed by atoms with Gasteiger partial charge in [0.1, 0.15) is 0 Å². The largest absolute Gasteiger partial charge is 0.505 e. The molecule has 2 aromatic carbocycles. The lowest BCUT2D eigenvalue weighted by atomic mass is 10.1. The summed E-state index contributed by atoms with van der Waals surface area (Å²) < 4.78 is 0.858. The van der Waals surface area contributed by atoms with Gasteiger partial charge in [0.05, 0.1) is 11.3 Å². The number of carbonyl (C=O) groups is 1. The van der Waals surface area contributed by atoms with Crippen LogP contribution in [0.1, 0.15) is 10.4 Å². The smallest absolute Gasteiger partial charge is 0.259 e. The SMILES string of the molecule is Nc1cccc(C(=O)Nc2cccc(Br)c2)c1O. The number of halogens is 1. The van der Waals surface area contributed by atoms with E-state index in [1.807, 2.05) is 6.07 Å². The van der Waals surface area contributed by atoms with Crippen molar-refractivity contribution in [3.8, 4) is 5.75 Å². The molecule has 18 heavy (non-hydrogen) atoms. The quantitative estimate of drug-likeness (QED) is 0.590. The molecule has 0 unspecified atom stereocenters. The first-order chi connectivity index (χ1) is 8.58. The van der Waals surface area contributed by atoms with Gasteiger partial charge in [-0.25, -0.2) is 0 Å². The highest BCUT2D eigenvalue weighted by atomic mass is 79.9. The molecule has 0 spiro atoms. The number of hydrogen-bond donors (Lipinski definition) is 3. The zero-order valence-electron chi connectivity index (χ0n) is 9.35. The van der Waals surface area contributed by atoms with Crippen LogP contribution in [-0.2, 0) is 0 Å². The van der Waals surface area contributed by atoms with Gasteiger partial charge in [-0.3, -0.25) is 4.79 Å². The lowest BCUT2D eigenvalue weighted by Gasteiger charge is -2.08. The van der Waals surface area contributed by atoms with E-state index in [1.165, 1.54) is 12.1 Å². The number of phenolic OH excluding ortho intramolecular Hbond substituents is 1. The van der Waals surface area contributed by atoms with Crippen molar-refractivity contribution in [3.63, 3.8) is 0 Å². The lowest BCUT2D eigenvalue weighted by molar-refractivity contribution is 0.102. The van der Waals surface area contributed by atoms with Crippen LogP contribution in [0.2, 0.25) is 0 Å². The molecule has 0 saturated carbocycles. The Hall–Kier alpha value is -2.01. The fraction of sp³-hybridized carbons (Fsp3) is 0. The van der Waals surface area contributed by atoms with Gasteiger partial charge in [0.25, 0.3) is 5.91 Å². The summed E-state index contributed by atoms with van der Waals surface area (Å²) in [5, 5.41) is 12.4. The number of rotatable bonds is 2. The maximum absolute atomic E-state index is 12.0. The average molecular weight is 307 g/mol. The van der Waals surface area contributed by atoms with E-state index in [1.54, 1.807) is 24.3 Å². The molecule has 0 aliphatic carbocycles. The fourth-order valence-electron chi connectivity index (χ4n) is 1.51. The summed E-state index contributed by atoms with van der Waals surface area (Å²) in [6, 6.07) is 11.8. The lowest BCUT2D eigenvalue weighted by Crippen LogP contribution is -2.12. The zero-order valence-corrected chi connectivity index (χ0v) is 10.9. The van der Waals surface area contributed by atoms with Crippen LogP contribution >= 0.6 is 15.9 Å². The summed E-state index contributed by atoms with van der Waals surface area (Å²) in [6.45, 7) is 0. The molecule has 2 rings (SSSR count). The van der Waals surface area contributed by atoms with Crippen LogP contribution in [-0.4, -0.2) is 11.0 Å². The molecule has 0 heterocycles. The van der Waals surface area contributed by atoms with Gasteiger partial charge in [0.15, 0.2) is 5.75 Å². The third-order valence-electron chi connectivity index (χ3n) is 2.39. The Morgan fingerprint density at radius 3 is 2.67 bits per heavy atom. The van der Waals surface area contributed by atoms with Crippen LogP contribution in [0.15, 0.2) is 46.9 Å². The molecule has 0 bridgehead atoms. The predicted octanol–water partition coefficient (Wildman–Crippen LogP) is 2.99. The van der Waals surface area contributed by atoms with Crippen molar-refractivity contribution in [1.29, 1.82) is 0 Å². The molecule has 92 valence electrons. The Labute approximate surface area is 113 Å². The molecule has 0 aromatic heterocycles.